The number of benzene rings is 1. The van der Waals surface area contributed by atoms with Crippen LogP contribution in [0.15, 0.2) is 43.0 Å². The first-order valence-corrected chi connectivity index (χ1v) is 8.35. The van der Waals surface area contributed by atoms with Gasteiger partial charge in [0.05, 0.1) is 24.7 Å². The summed E-state index contributed by atoms with van der Waals surface area (Å²) in [7, 11) is 0. The van der Waals surface area contributed by atoms with Crippen LogP contribution in [0.3, 0.4) is 0 Å². The van der Waals surface area contributed by atoms with Gasteiger partial charge in [-0.25, -0.2) is 4.98 Å². The van der Waals surface area contributed by atoms with E-state index in [0.29, 0.717) is 13.2 Å². The predicted octanol–water partition coefficient (Wildman–Crippen LogP) is 2.07. The lowest BCUT2D eigenvalue weighted by Crippen LogP contribution is -2.30. The SMILES string of the molecule is O=C(COC[C@H]1CCCCO1)NCc1ccccc1-n1ccnc1. The van der Waals surface area contributed by atoms with E-state index >= 15 is 0 Å². The lowest BCUT2D eigenvalue weighted by molar-refractivity contribution is -0.128. The van der Waals surface area contributed by atoms with Crippen LogP contribution in [0.1, 0.15) is 24.8 Å². The highest BCUT2D eigenvalue weighted by atomic mass is 16.5. The van der Waals surface area contributed by atoms with Gasteiger partial charge in [0.1, 0.15) is 6.61 Å². The Morgan fingerprint density at radius 2 is 2.29 bits per heavy atom. The molecule has 1 fully saturated rings. The van der Waals surface area contributed by atoms with Crippen molar-refractivity contribution in [1.29, 1.82) is 0 Å². The van der Waals surface area contributed by atoms with Crippen molar-refractivity contribution in [3.63, 3.8) is 0 Å². The van der Waals surface area contributed by atoms with Gasteiger partial charge in [-0.3, -0.25) is 4.79 Å². The molecule has 0 bridgehead atoms. The highest BCUT2D eigenvalue weighted by molar-refractivity contribution is 5.77. The number of carbonyl (C=O) groups is 1. The monoisotopic (exact) mass is 329 g/mol. The summed E-state index contributed by atoms with van der Waals surface area (Å²) >= 11 is 0. The molecule has 1 aromatic carbocycles. The van der Waals surface area contributed by atoms with E-state index in [9.17, 15) is 4.79 Å². The van der Waals surface area contributed by atoms with Gasteiger partial charge in [0, 0.05) is 25.5 Å². The number of hydrogen-bond acceptors (Lipinski definition) is 4. The zero-order valence-electron chi connectivity index (χ0n) is 13.7. The first-order valence-electron chi connectivity index (χ1n) is 8.35. The summed E-state index contributed by atoms with van der Waals surface area (Å²) in [5.74, 6) is -0.119. The Labute approximate surface area is 141 Å². The molecule has 3 rings (SSSR count). The van der Waals surface area contributed by atoms with Gasteiger partial charge in [0.25, 0.3) is 0 Å². The molecule has 128 valence electrons. The molecule has 1 aliphatic rings. The summed E-state index contributed by atoms with van der Waals surface area (Å²) < 4.78 is 13.0. The van der Waals surface area contributed by atoms with Crippen molar-refractivity contribution < 1.29 is 14.3 Å². The van der Waals surface area contributed by atoms with Gasteiger partial charge in [0.2, 0.25) is 5.91 Å². The largest absolute Gasteiger partial charge is 0.376 e. The molecule has 0 unspecified atom stereocenters. The minimum atomic E-state index is -0.119. The lowest BCUT2D eigenvalue weighted by Gasteiger charge is -2.22. The van der Waals surface area contributed by atoms with Crippen molar-refractivity contribution in [2.24, 2.45) is 0 Å². The smallest absolute Gasteiger partial charge is 0.246 e. The van der Waals surface area contributed by atoms with Gasteiger partial charge in [-0.15, -0.1) is 0 Å². The standard InChI is InChI=1S/C18H23N3O3/c22-18(13-23-12-16-6-3-4-10-24-16)20-11-15-5-1-2-7-17(15)21-9-8-19-14-21/h1-2,5,7-9,14,16H,3-4,6,10-13H2,(H,20,22)/t16-/m1/s1. The number of carbonyl (C=O) groups excluding carboxylic acids is 1. The van der Waals surface area contributed by atoms with Crippen LogP contribution in [0.4, 0.5) is 0 Å². The summed E-state index contributed by atoms with van der Waals surface area (Å²) in [4.78, 5) is 16.0. The molecule has 1 saturated heterocycles. The second-order valence-corrected chi connectivity index (χ2v) is 5.88. The summed E-state index contributed by atoms with van der Waals surface area (Å²) in [6, 6.07) is 7.92. The van der Waals surface area contributed by atoms with Crippen molar-refractivity contribution >= 4 is 5.91 Å². The van der Waals surface area contributed by atoms with E-state index in [4.69, 9.17) is 9.47 Å². The lowest BCUT2D eigenvalue weighted by atomic mass is 10.1. The molecule has 1 amide bonds. The Balaban J connectivity index is 1.45. The van der Waals surface area contributed by atoms with E-state index in [-0.39, 0.29) is 18.6 Å². The van der Waals surface area contributed by atoms with Gasteiger partial charge in [-0.2, -0.15) is 0 Å². The van der Waals surface area contributed by atoms with E-state index in [2.05, 4.69) is 10.3 Å². The molecule has 1 aliphatic heterocycles. The third-order valence-electron chi connectivity index (χ3n) is 4.06. The molecule has 6 nitrogen and oxygen atoms in total. The van der Waals surface area contributed by atoms with Crippen molar-refractivity contribution in [3.8, 4) is 5.69 Å². The quantitative estimate of drug-likeness (QED) is 0.844. The van der Waals surface area contributed by atoms with E-state index < -0.39 is 0 Å². The van der Waals surface area contributed by atoms with Gasteiger partial charge in [0.15, 0.2) is 0 Å². The van der Waals surface area contributed by atoms with Crippen LogP contribution < -0.4 is 5.32 Å². The maximum Gasteiger partial charge on any atom is 0.246 e. The van der Waals surface area contributed by atoms with E-state index in [0.717, 1.165) is 30.7 Å². The fraction of sp³-hybridized carbons (Fsp3) is 0.444. The third-order valence-corrected chi connectivity index (χ3v) is 4.06. The normalized spacial score (nSPS) is 17.6. The fourth-order valence-corrected chi connectivity index (χ4v) is 2.78. The number of imidazole rings is 1. The summed E-state index contributed by atoms with van der Waals surface area (Å²) in [5.41, 5.74) is 2.03. The highest BCUT2D eigenvalue weighted by Gasteiger charge is 2.14. The van der Waals surface area contributed by atoms with Crippen molar-refractivity contribution in [2.45, 2.75) is 31.9 Å². The van der Waals surface area contributed by atoms with Crippen molar-refractivity contribution in [2.75, 3.05) is 19.8 Å². The molecule has 0 spiro atoms. The number of aromatic nitrogens is 2. The molecule has 0 aliphatic carbocycles. The maximum absolute atomic E-state index is 12.0. The Kier molecular flexibility index (Phi) is 5.98. The van der Waals surface area contributed by atoms with Crippen LogP contribution in [0.2, 0.25) is 0 Å². The Bertz CT molecular complexity index is 637. The predicted molar refractivity (Wildman–Crippen MR) is 89.8 cm³/mol. The average molecular weight is 329 g/mol. The third kappa shape index (κ3) is 4.66. The molecular weight excluding hydrogens is 306 g/mol. The molecule has 2 heterocycles. The van der Waals surface area contributed by atoms with Crippen LogP contribution in [0.5, 0.6) is 0 Å². The molecule has 24 heavy (non-hydrogen) atoms. The minimum Gasteiger partial charge on any atom is -0.376 e. The Hall–Kier alpha value is -2.18. The minimum absolute atomic E-state index is 0.0626. The molecule has 1 atom stereocenters. The van der Waals surface area contributed by atoms with Crippen molar-refractivity contribution in [3.05, 3.63) is 48.5 Å². The van der Waals surface area contributed by atoms with Gasteiger partial charge in [-0.1, -0.05) is 18.2 Å². The van der Waals surface area contributed by atoms with Crippen LogP contribution >= 0.6 is 0 Å². The van der Waals surface area contributed by atoms with Gasteiger partial charge in [-0.05, 0) is 30.9 Å². The zero-order chi connectivity index (χ0) is 16.6. The van der Waals surface area contributed by atoms with Crippen LogP contribution in [0.25, 0.3) is 5.69 Å². The number of ether oxygens (including phenoxy) is 2. The number of hydrogen-bond donors (Lipinski definition) is 1. The number of rotatable bonds is 7. The fourth-order valence-electron chi connectivity index (χ4n) is 2.78. The topological polar surface area (TPSA) is 65.4 Å². The van der Waals surface area contributed by atoms with E-state index in [1.807, 2.05) is 35.0 Å². The summed E-state index contributed by atoms with van der Waals surface area (Å²) in [5, 5.41) is 2.90. The molecule has 0 radical (unpaired) electrons. The molecular formula is C18H23N3O3. The first kappa shape index (κ1) is 16.7. The van der Waals surface area contributed by atoms with Crippen LogP contribution in [0, 0.1) is 0 Å². The highest BCUT2D eigenvalue weighted by Crippen LogP contribution is 2.14. The first-order chi connectivity index (χ1) is 11.8. The summed E-state index contributed by atoms with van der Waals surface area (Å²) in [6.45, 7) is 1.80. The number of nitrogens with one attached hydrogen (secondary N) is 1. The molecule has 1 N–H and O–H groups in total. The van der Waals surface area contributed by atoms with Crippen molar-refractivity contribution in [1.82, 2.24) is 14.9 Å². The molecule has 1 aromatic heterocycles. The zero-order valence-corrected chi connectivity index (χ0v) is 13.7. The summed E-state index contributed by atoms with van der Waals surface area (Å²) in [6.07, 6.45) is 8.80. The van der Waals surface area contributed by atoms with Gasteiger partial charge < -0.3 is 19.4 Å². The van der Waals surface area contributed by atoms with E-state index in [1.54, 1.807) is 12.5 Å². The Morgan fingerprint density at radius 1 is 1.38 bits per heavy atom. The number of nitrogens with zero attached hydrogens (tertiary/aromatic N) is 2. The maximum atomic E-state index is 12.0. The molecule has 6 heteroatoms. The van der Waals surface area contributed by atoms with Gasteiger partial charge >= 0.3 is 0 Å². The molecule has 0 saturated carbocycles. The van der Waals surface area contributed by atoms with E-state index in [1.165, 1.54) is 6.42 Å². The second kappa shape index (κ2) is 8.61. The molecule has 2 aromatic rings. The number of amides is 1. The van der Waals surface area contributed by atoms with Crippen LogP contribution in [-0.4, -0.2) is 41.4 Å². The Morgan fingerprint density at radius 3 is 3.08 bits per heavy atom. The number of para-hydroxylation sites is 1. The van der Waals surface area contributed by atoms with Crippen LogP contribution in [-0.2, 0) is 20.8 Å². The second-order valence-electron chi connectivity index (χ2n) is 5.88. The average Bonchev–Trinajstić information content (AvgIpc) is 3.16.